The molecule has 1 aromatic rings. The summed E-state index contributed by atoms with van der Waals surface area (Å²) in [5.74, 6) is 0. The summed E-state index contributed by atoms with van der Waals surface area (Å²) in [6.45, 7) is 3.82. The van der Waals surface area contributed by atoms with Gasteiger partial charge in [-0.15, -0.1) is 0 Å². The van der Waals surface area contributed by atoms with E-state index in [1.807, 2.05) is 19.9 Å². The average Bonchev–Trinajstić information content (AvgIpc) is 2.15. The molecule has 0 aromatic carbocycles. The van der Waals surface area contributed by atoms with Crippen molar-refractivity contribution >= 4 is 15.9 Å². The molecule has 78 valence electrons. The van der Waals surface area contributed by atoms with E-state index in [2.05, 4.69) is 20.9 Å². The van der Waals surface area contributed by atoms with Crippen molar-refractivity contribution in [3.63, 3.8) is 0 Å². The van der Waals surface area contributed by atoms with Gasteiger partial charge in [-0.1, -0.05) is 22.0 Å². The molecule has 2 atom stereocenters. The molecule has 0 radical (unpaired) electrons. The van der Waals surface area contributed by atoms with E-state index in [0.717, 1.165) is 11.1 Å². The molecule has 0 spiro atoms. The maximum absolute atomic E-state index is 9.72. The molecule has 0 saturated heterocycles. The summed E-state index contributed by atoms with van der Waals surface area (Å²) >= 11 is 3.11. The highest BCUT2D eigenvalue weighted by molar-refractivity contribution is 9.09. The Kier molecular flexibility index (Phi) is 4.04. The molecule has 0 amide bonds. The lowest BCUT2D eigenvalue weighted by Gasteiger charge is -2.16. The maximum Gasteiger partial charge on any atom is 0.123 e. The van der Waals surface area contributed by atoms with Gasteiger partial charge in [0.2, 0.25) is 0 Å². The van der Waals surface area contributed by atoms with Gasteiger partial charge in [0.05, 0.1) is 11.8 Å². The van der Waals surface area contributed by atoms with Gasteiger partial charge in [-0.05, 0) is 25.0 Å². The molecule has 0 aliphatic carbocycles. The quantitative estimate of drug-likeness (QED) is 0.809. The maximum atomic E-state index is 9.72. The molecule has 0 aliphatic heterocycles. The topological polar surface area (TPSA) is 53.4 Å². The Hall–Kier alpha value is -0.450. The largest absolute Gasteiger partial charge is 0.389 e. The number of rotatable bonds is 3. The number of aromatic nitrogens is 1. The lowest BCUT2D eigenvalue weighted by Crippen LogP contribution is -2.21. The molecule has 1 aromatic heterocycles. The Labute approximate surface area is 91.9 Å². The van der Waals surface area contributed by atoms with Gasteiger partial charge in [0.25, 0.3) is 0 Å². The number of aliphatic hydroxyl groups excluding tert-OH is 2. The van der Waals surface area contributed by atoms with Crippen LogP contribution >= 0.6 is 15.9 Å². The zero-order valence-corrected chi connectivity index (χ0v) is 9.82. The van der Waals surface area contributed by atoms with Crippen LogP contribution in [0.15, 0.2) is 12.3 Å². The van der Waals surface area contributed by atoms with Crippen LogP contribution in [0.5, 0.6) is 0 Å². The van der Waals surface area contributed by atoms with Crippen LogP contribution in [0.3, 0.4) is 0 Å². The van der Waals surface area contributed by atoms with Gasteiger partial charge in [-0.3, -0.25) is 4.98 Å². The van der Waals surface area contributed by atoms with Gasteiger partial charge in [0.1, 0.15) is 6.10 Å². The second kappa shape index (κ2) is 4.87. The van der Waals surface area contributed by atoms with Crippen molar-refractivity contribution in [1.82, 2.24) is 4.98 Å². The van der Waals surface area contributed by atoms with Crippen molar-refractivity contribution in [2.24, 2.45) is 0 Å². The first-order valence-corrected chi connectivity index (χ1v) is 5.53. The first kappa shape index (κ1) is 11.6. The minimum absolute atomic E-state index is 0.336. The van der Waals surface area contributed by atoms with Gasteiger partial charge >= 0.3 is 0 Å². The molecule has 2 N–H and O–H groups in total. The Morgan fingerprint density at radius 1 is 1.43 bits per heavy atom. The second-order valence-corrected chi connectivity index (χ2v) is 4.03. The number of hydrogen-bond acceptors (Lipinski definition) is 3. The van der Waals surface area contributed by atoms with Crippen LogP contribution in [0, 0.1) is 13.8 Å². The highest BCUT2D eigenvalue weighted by Gasteiger charge is 2.20. The third kappa shape index (κ3) is 2.53. The molecular weight excluding hydrogens is 246 g/mol. The number of hydrogen-bond donors (Lipinski definition) is 2. The predicted molar refractivity (Wildman–Crippen MR) is 58.5 cm³/mol. The van der Waals surface area contributed by atoms with Gasteiger partial charge in [0.15, 0.2) is 0 Å². The lowest BCUT2D eigenvalue weighted by atomic mass is 10.1. The van der Waals surface area contributed by atoms with E-state index in [-0.39, 0.29) is 0 Å². The standard InChI is InChI=1S/C10H14BrNO2/c1-6-3-7(2)9(12-5-6)10(14)8(13)4-11/h3,5,8,10,13-14H,4H2,1-2H3. The minimum Gasteiger partial charge on any atom is -0.389 e. The first-order chi connectivity index (χ1) is 6.56. The molecular formula is C10H14BrNO2. The van der Waals surface area contributed by atoms with Crippen LogP contribution in [0.4, 0.5) is 0 Å². The summed E-state index contributed by atoms with van der Waals surface area (Å²) in [6.07, 6.45) is -0.0501. The highest BCUT2D eigenvalue weighted by atomic mass is 79.9. The van der Waals surface area contributed by atoms with Gasteiger partial charge < -0.3 is 10.2 Å². The van der Waals surface area contributed by atoms with E-state index < -0.39 is 12.2 Å². The van der Waals surface area contributed by atoms with Crippen LogP contribution in [0.2, 0.25) is 0 Å². The highest BCUT2D eigenvalue weighted by Crippen LogP contribution is 2.20. The number of alkyl halides is 1. The van der Waals surface area contributed by atoms with E-state index in [1.54, 1.807) is 6.20 Å². The van der Waals surface area contributed by atoms with Gasteiger partial charge in [0, 0.05) is 11.5 Å². The molecule has 1 rings (SSSR count). The zero-order chi connectivity index (χ0) is 10.7. The fraction of sp³-hybridized carbons (Fsp3) is 0.500. The smallest absolute Gasteiger partial charge is 0.123 e. The van der Waals surface area contributed by atoms with Crippen molar-refractivity contribution in [2.45, 2.75) is 26.1 Å². The Balaban J connectivity index is 2.95. The third-order valence-electron chi connectivity index (χ3n) is 2.06. The molecule has 3 nitrogen and oxygen atoms in total. The van der Waals surface area contributed by atoms with Crippen molar-refractivity contribution < 1.29 is 10.2 Å². The molecule has 1 heterocycles. The second-order valence-electron chi connectivity index (χ2n) is 3.38. The Morgan fingerprint density at radius 2 is 2.07 bits per heavy atom. The zero-order valence-electron chi connectivity index (χ0n) is 8.24. The predicted octanol–water partition coefficient (Wildman–Crippen LogP) is 1.49. The van der Waals surface area contributed by atoms with Crippen molar-refractivity contribution in [1.29, 1.82) is 0 Å². The van der Waals surface area contributed by atoms with Crippen LogP contribution in [-0.4, -0.2) is 26.6 Å². The Morgan fingerprint density at radius 3 is 2.57 bits per heavy atom. The molecule has 0 fully saturated rings. The van der Waals surface area contributed by atoms with Crippen molar-refractivity contribution in [2.75, 3.05) is 5.33 Å². The number of pyridine rings is 1. The van der Waals surface area contributed by atoms with Gasteiger partial charge in [-0.25, -0.2) is 0 Å². The molecule has 0 bridgehead atoms. The normalized spacial score (nSPS) is 15.2. The first-order valence-electron chi connectivity index (χ1n) is 4.41. The summed E-state index contributed by atoms with van der Waals surface area (Å²) in [5, 5.41) is 19.5. The Bertz CT molecular complexity index is 317. The SMILES string of the molecule is Cc1cnc(C(O)C(O)CBr)c(C)c1. The summed E-state index contributed by atoms with van der Waals surface area (Å²) in [4.78, 5) is 4.12. The number of aliphatic hydroxyl groups is 2. The van der Waals surface area contributed by atoms with E-state index >= 15 is 0 Å². The van der Waals surface area contributed by atoms with Crippen LogP contribution in [0.25, 0.3) is 0 Å². The van der Waals surface area contributed by atoms with E-state index in [4.69, 9.17) is 0 Å². The van der Waals surface area contributed by atoms with E-state index in [0.29, 0.717) is 11.0 Å². The monoisotopic (exact) mass is 259 g/mol. The average molecular weight is 260 g/mol. The summed E-state index contributed by atoms with van der Waals surface area (Å²) in [6, 6.07) is 1.94. The van der Waals surface area contributed by atoms with Crippen molar-refractivity contribution in [3.05, 3.63) is 29.1 Å². The molecule has 0 saturated carbocycles. The molecule has 0 aliphatic rings. The minimum atomic E-state index is -0.921. The van der Waals surface area contributed by atoms with Gasteiger partial charge in [-0.2, -0.15) is 0 Å². The summed E-state index contributed by atoms with van der Waals surface area (Å²) in [7, 11) is 0. The number of aryl methyl sites for hydroxylation is 2. The number of nitrogens with zero attached hydrogens (tertiary/aromatic N) is 1. The summed E-state index contributed by atoms with van der Waals surface area (Å²) in [5.41, 5.74) is 2.49. The molecule has 14 heavy (non-hydrogen) atoms. The fourth-order valence-electron chi connectivity index (χ4n) is 1.30. The van der Waals surface area contributed by atoms with Crippen LogP contribution < -0.4 is 0 Å². The summed E-state index contributed by atoms with van der Waals surface area (Å²) < 4.78 is 0. The van der Waals surface area contributed by atoms with Crippen LogP contribution in [0.1, 0.15) is 22.9 Å². The molecule has 4 heteroatoms. The van der Waals surface area contributed by atoms with E-state index in [1.165, 1.54) is 0 Å². The van der Waals surface area contributed by atoms with E-state index in [9.17, 15) is 10.2 Å². The van der Waals surface area contributed by atoms with Crippen LogP contribution in [-0.2, 0) is 0 Å². The lowest BCUT2D eigenvalue weighted by molar-refractivity contribution is 0.0311. The van der Waals surface area contributed by atoms with Crippen molar-refractivity contribution in [3.8, 4) is 0 Å². The molecule has 2 unspecified atom stereocenters. The fourth-order valence-corrected chi connectivity index (χ4v) is 1.66. The third-order valence-corrected chi connectivity index (χ3v) is 2.72. The number of halogens is 1.